The Balaban J connectivity index is 0.00000150. The van der Waals surface area contributed by atoms with Crippen LogP contribution in [0.4, 0.5) is 0 Å². The molecule has 10 heteroatoms. The van der Waals surface area contributed by atoms with Crippen molar-refractivity contribution in [2.24, 2.45) is 11.1 Å². The Hall–Kier alpha value is -1.03. The second-order valence-electron chi connectivity index (χ2n) is 9.50. The van der Waals surface area contributed by atoms with Gasteiger partial charge in [0, 0.05) is 17.7 Å². The smallest absolute Gasteiger partial charge is 0.466 e. The molecule has 0 unspecified atom stereocenters. The van der Waals surface area contributed by atoms with Crippen LogP contribution in [0, 0.1) is 5.41 Å². The zero-order valence-corrected chi connectivity index (χ0v) is 19.6. The summed E-state index contributed by atoms with van der Waals surface area (Å²) in [6.45, 7) is 12.1. The lowest BCUT2D eigenvalue weighted by atomic mass is 9.78. The number of nitrogens with two attached hydrogens (primary N) is 1. The first kappa shape index (κ1) is 29.0. The van der Waals surface area contributed by atoms with E-state index in [2.05, 4.69) is 53.7 Å². The van der Waals surface area contributed by atoms with Crippen LogP contribution < -0.4 is 10.5 Å². The number of aliphatic hydroxyl groups is 3. The van der Waals surface area contributed by atoms with Gasteiger partial charge in [-0.2, -0.15) is 0 Å². The van der Waals surface area contributed by atoms with E-state index in [0.717, 1.165) is 22.4 Å². The first-order valence-electron chi connectivity index (χ1n) is 9.55. The lowest BCUT2D eigenvalue weighted by Gasteiger charge is -2.33. The van der Waals surface area contributed by atoms with Crippen LogP contribution in [0.1, 0.15) is 58.2 Å². The summed E-state index contributed by atoms with van der Waals surface area (Å²) in [5.41, 5.74) is 7.59. The van der Waals surface area contributed by atoms with Crippen molar-refractivity contribution in [1.29, 1.82) is 0 Å². The lowest BCUT2D eigenvalue weighted by Crippen LogP contribution is -2.40. The van der Waals surface area contributed by atoms with E-state index in [1.807, 2.05) is 0 Å². The van der Waals surface area contributed by atoms with Crippen molar-refractivity contribution < 1.29 is 39.3 Å². The number of aliphatic hydroxyl groups excluding tert-OH is 3. The summed E-state index contributed by atoms with van der Waals surface area (Å²) < 4.78 is 15.0. The van der Waals surface area contributed by atoms with Gasteiger partial charge in [0.2, 0.25) is 0 Å². The van der Waals surface area contributed by atoms with E-state index in [-0.39, 0.29) is 37.3 Å². The highest BCUT2D eigenvalue weighted by Crippen LogP contribution is 2.41. The average Bonchev–Trinajstić information content (AvgIpc) is 2.59. The van der Waals surface area contributed by atoms with Gasteiger partial charge in [-0.1, -0.05) is 53.7 Å². The molecule has 0 aliphatic rings. The summed E-state index contributed by atoms with van der Waals surface area (Å²) >= 11 is 0. The number of benzene rings is 1. The minimum Gasteiger partial charge on any atom is -0.492 e. The molecule has 0 heterocycles. The van der Waals surface area contributed by atoms with E-state index in [0.29, 0.717) is 6.54 Å². The Morgan fingerprint density at radius 3 is 1.43 bits per heavy atom. The fourth-order valence-electron chi connectivity index (χ4n) is 2.59. The van der Waals surface area contributed by atoms with Crippen LogP contribution >= 0.6 is 7.82 Å². The number of rotatable bonds is 7. The van der Waals surface area contributed by atoms with Crippen molar-refractivity contribution in [3.8, 4) is 5.75 Å². The predicted octanol–water partition coefficient (Wildman–Crippen LogP) is 1.15. The number of hydrogen-bond donors (Lipinski definition) is 7. The Labute approximate surface area is 178 Å². The third kappa shape index (κ3) is 9.41. The lowest BCUT2D eigenvalue weighted by molar-refractivity contribution is -0.0265. The molecule has 0 aliphatic heterocycles. The molecule has 0 aromatic heterocycles. The van der Waals surface area contributed by atoms with Gasteiger partial charge in [-0.05, 0) is 16.4 Å². The largest absolute Gasteiger partial charge is 0.492 e. The Kier molecular flexibility index (Phi) is 10.6. The molecule has 0 bridgehead atoms. The summed E-state index contributed by atoms with van der Waals surface area (Å²) in [5, 5.41) is 28.7. The second-order valence-corrected chi connectivity index (χ2v) is 10.5. The molecule has 0 amide bonds. The van der Waals surface area contributed by atoms with Gasteiger partial charge in [-0.3, -0.25) is 0 Å². The molecule has 0 saturated heterocycles. The maximum Gasteiger partial charge on any atom is 0.466 e. The van der Waals surface area contributed by atoms with Gasteiger partial charge in [-0.25, -0.2) is 4.57 Å². The van der Waals surface area contributed by atoms with Crippen LogP contribution in [0.25, 0.3) is 0 Å². The van der Waals surface area contributed by atoms with Crippen LogP contribution in [-0.2, 0) is 21.9 Å². The molecule has 30 heavy (non-hydrogen) atoms. The summed E-state index contributed by atoms with van der Waals surface area (Å²) in [6.07, 6.45) is 0. The fraction of sp³-hybridized carbons (Fsp3) is 0.700. The van der Waals surface area contributed by atoms with Crippen molar-refractivity contribution in [3.63, 3.8) is 0 Å². The summed E-state index contributed by atoms with van der Waals surface area (Å²) in [5.74, 6) is 0.747. The van der Waals surface area contributed by atoms with Crippen molar-refractivity contribution in [2.75, 3.05) is 26.4 Å². The van der Waals surface area contributed by atoms with E-state index < -0.39 is 13.2 Å². The van der Waals surface area contributed by atoms with Crippen LogP contribution in [0.2, 0.25) is 0 Å². The van der Waals surface area contributed by atoms with Crippen LogP contribution in [-0.4, -0.2) is 56.4 Å². The van der Waals surface area contributed by atoms with E-state index >= 15 is 0 Å². The van der Waals surface area contributed by atoms with Gasteiger partial charge in [-0.15, -0.1) is 0 Å². The predicted molar refractivity (Wildman–Crippen MR) is 115 cm³/mol. The van der Waals surface area contributed by atoms with E-state index in [9.17, 15) is 15.3 Å². The Morgan fingerprint density at radius 1 is 0.867 bits per heavy atom. The quantitative estimate of drug-likeness (QED) is 0.300. The van der Waals surface area contributed by atoms with Crippen molar-refractivity contribution in [1.82, 2.24) is 0 Å². The molecule has 1 aromatic rings. The van der Waals surface area contributed by atoms with E-state index in [1.54, 1.807) is 0 Å². The molecule has 0 aliphatic carbocycles. The molecular weight excluding hydrogens is 413 g/mol. The van der Waals surface area contributed by atoms with Crippen molar-refractivity contribution in [2.45, 2.75) is 58.9 Å². The third-order valence-corrected chi connectivity index (χ3v) is 4.53. The summed E-state index contributed by atoms with van der Waals surface area (Å²) in [6, 6.07) is 4.12. The Morgan fingerprint density at radius 2 is 1.20 bits per heavy atom. The molecule has 0 atom stereocenters. The molecule has 8 N–H and O–H groups in total. The molecule has 0 fully saturated rings. The number of ether oxygens (including phenoxy) is 1. The van der Waals surface area contributed by atoms with Crippen LogP contribution in [0.15, 0.2) is 12.1 Å². The first-order valence-corrected chi connectivity index (χ1v) is 11.1. The first-order chi connectivity index (χ1) is 13.4. The summed E-state index contributed by atoms with van der Waals surface area (Å²) in [7, 11) is -4.64. The zero-order valence-electron chi connectivity index (χ0n) is 18.7. The van der Waals surface area contributed by atoms with Crippen LogP contribution in [0.5, 0.6) is 5.75 Å². The minimum absolute atomic E-state index is 0.0324. The van der Waals surface area contributed by atoms with Crippen molar-refractivity contribution >= 4 is 7.82 Å². The van der Waals surface area contributed by atoms with E-state index in [4.69, 9.17) is 29.7 Å². The molecule has 1 aromatic carbocycles. The molecular formula is C20H38NO8P. The second kappa shape index (κ2) is 11.0. The van der Waals surface area contributed by atoms with Gasteiger partial charge in [0.15, 0.2) is 0 Å². The van der Waals surface area contributed by atoms with Gasteiger partial charge >= 0.3 is 7.82 Å². The molecule has 176 valence electrons. The number of phosphoric acid groups is 1. The normalized spacial score (nSPS) is 13.0. The maximum atomic E-state index is 9.58. The highest BCUT2D eigenvalue weighted by molar-refractivity contribution is 7.45. The fourth-order valence-corrected chi connectivity index (χ4v) is 2.59. The maximum absolute atomic E-state index is 9.58. The van der Waals surface area contributed by atoms with E-state index in [1.165, 1.54) is 0 Å². The van der Waals surface area contributed by atoms with Crippen LogP contribution in [0.3, 0.4) is 0 Å². The standard InChI is InChI=1S/C20H35NO4.H3O4P/c1-18(2,3)15-7-14(9-21)8-16(19(4,5)6)17(15)25-13-20(10-22,11-23)12-24;1-5(2,3)4/h7-8,22-24H,9-13,21H2,1-6H3;(H3,1,2,3,4). The van der Waals surface area contributed by atoms with Gasteiger partial charge in [0.05, 0.1) is 25.2 Å². The highest BCUT2D eigenvalue weighted by atomic mass is 31.2. The average molecular weight is 451 g/mol. The SMILES string of the molecule is CC(C)(C)c1cc(CN)cc(C(C)(C)C)c1OCC(CO)(CO)CO.O=P(O)(O)O. The van der Waals surface area contributed by atoms with Gasteiger partial charge in [0.1, 0.15) is 12.4 Å². The molecule has 0 spiro atoms. The molecule has 0 radical (unpaired) electrons. The monoisotopic (exact) mass is 451 g/mol. The Bertz CT molecular complexity index is 663. The topological polar surface area (TPSA) is 174 Å². The minimum atomic E-state index is -4.64. The molecule has 0 saturated carbocycles. The zero-order chi connectivity index (χ0) is 24.0. The summed E-state index contributed by atoms with van der Waals surface area (Å²) in [4.78, 5) is 21.6. The van der Waals surface area contributed by atoms with Gasteiger partial charge in [0.25, 0.3) is 0 Å². The molecule has 1 rings (SSSR count). The third-order valence-electron chi connectivity index (χ3n) is 4.53. The van der Waals surface area contributed by atoms with Gasteiger partial charge < -0.3 is 40.5 Å². The molecule has 9 nitrogen and oxygen atoms in total. The highest BCUT2D eigenvalue weighted by Gasteiger charge is 2.33. The van der Waals surface area contributed by atoms with Crippen molar-refractivity contribution in [3.05, 3.63) is 28.8 Å². The number of hydrogen-bond acceptors (Lipinski definition) is 6.